The zero-order valence-corrected chi connectivity index (χ0v) is 17.3. The van der Waals surface area contributed by atoms with Crippen molar-refractivity contribution in [1.29, 1.82) is 5.26 Å². The van der Waals surface area contributed by atoms with Gasteiger partial charge in [-0.2, -0.15) is 5.26 Å². The van der Waals surface area contributed by atoms with E-state index in [1.54, 1.807) is 30.3 Å². The van der Waals surface area contributed by atoms with Crippen molar-refractivity contribution in [2.24, 2.45) is 0 Å². The average Bonchev–Trinajstić information content (AvgIpc) is 3.26. The Morgan fingerprint density at radius 3 is 2.52 bits per heavy atom. The fourth-order valence-corrected chi connectivity index (χ4v) is 4.19. The van der Waals surface area contributed by atoms with E-state index in [0.717, 1.165) is 30.2 Å². The summed E-state index contributed by atoms with van der Waals surface area (Å²) in [4.78, 5) is 15.0. The minimum Gasteiger partial charge on any atom is -0.457 e. The number of benzene rings is 2. The van der Waals surface area contributed by atoms with E-state index in [9.17, 15) is 18.5 Å². The predicted molar refractivity (Wildman–Crippen MR) is 109 cm³/mol. The number of carbonyl (C=O) groups is 1. The van der Waals surface area contributed by atoms with Gasteiger partial charge in [0.25, 0.3) is 0 Å². The molecule has 0 aliphatic carbocycles. The van der Waals surface area contributed by atoms with Gasteiger partial charge in [0.1, 0.15) is 6.61 Å². The highest BCUT2D eigenvalue weighted by atomic mass is 32.2. The molecule has 0 atom stereocenters. The molecule has 0 spiro atoms. The van der Waals surface area contributed by atoms with Crippen molar-refractivity contribution in [1.82, 2.24) is 4.31 Å². The van der Waals surface area contributed by atoms with Crippen LogP contribution in [0.1, 0.15) is 34.3 Å². The molecule has 152 valence electrons. The zero-order valence-electron chi connectivity index (χ0n) is 16.5. The van der Waals surface area contributed by atoms with Gasteiger partial charge in [-0.05, 0) is 37.1 Å². The molecule has 1 fully saturated rings. The Bertz CT molecular complexity index is 1050. The molecular weight excluding hydrogens is 390 g/mol. The number of esters is 1. The van der Waals surface area contributed by atoms with E-state index in [1.807, 2.05) is 0 Å². The van der Waals surface area contributed by atoms with Crippen molar-refractivity contribution in [2.45, 2.75) is 24.3 Å². The Kier molecular flexibility index (Phi) is 6.20. The van der Waals surface area contributed by atoms with Gasteiger partial charge in [0.05, 0.1) is 27.8 Å². The molecule has 0 radical (unpaired) electrons. The summed E-state index contributed by atoms with van der Waals surface area (Å²) in [5.74, 6) is -0.615. The lowest BCUT2D eigenvalue weighted by molar-refractivity contribution is 0.0473. The molecule has 0 amide bonds. The minimum atomic E-state index is -3.69. The highest BCUT2D eigenvalue weighted by Gasteiger charge is 2.25. The Labute approximate surface area is 171 Å². The maximum absolute atomic E-state index is 12.9. The van der Waals surface area contributed by atoms with Gasteiger partial charge in [0.15, 0.2) is 0 Å². The summed E-state index contributed by atoms with van der Waals surface area (Å²) < 4.78 is 31.6. The van der Waals surface area contributed by atoms with Crippen LogP contribution in [0.25, 0.3) is 0 Å². The van der Waals surface area contributed by atoms with E-state index < -0.39 is 16.0 Å². The first-order valence-electron chi connectivity index (χ1n) is 9.31. The Balaban J connectivity index is 1.94. The lowest BCUT2D eigenvalue weighted by atomic mass is 10.1. The van der Waals surface area contributed by atoms with Gasteiger partial charge in [0.2, 0.25) is 10.0 Å². The molecule has 3 rings (SSSR count). The summed E-state index contributed by atoms with van der Waals surface area (Å²) in [6, 6.07) is 13.5. The number of hydrogen-bond donors (Lipinski definition) is 0. The molecule has 0 bridgehead atoms. The van der Waals surface area contributed by atoms with Crippen LogP contribution in [0.2, 0.25) is 0 Å². The number of nitriles is 1. The number of nitrogens with zero attached hydrogens (tertiary/aromatic N) is 3. The van der Waals surface area contributed by atoms with Crippen LogP contribution >= 0.6 is 0 Å². The van der Waals surface area contributed by atoms with Crippen LogP contribution in [0.15, 0.2) is 47.4 Å². The van der Waals surface area contributed by atoms with Crippen molar-refractivity contribution >= 4 is 21.7 Å². The first-order chi connectivity index (χ1) is 13.8. The lowest BCUT2D eigenvalue weighted by Gasteiger charge is -2.22. The van der Waals surface area contributed by atoms with Crippen LogP contribution in [-0.4, -0.2) is 45.9 Å². The Hall–Kier alpha value is -2.89. The van der Waals surface area contributed by atoms with Crippen LogP contribution in [0.3, 0.4) is 0 Å². The summed E-state index contributed by atoms with van der Waals surface area (Å²) in [7, 11) is -0.797. The van der Waals surface area contributed by atoms with Crippen molar-refractivity contribution in [3.63, 3.8) is 0 Å². The smallest absolute Gasteiger partial charge is 0.340 e. The number of anilines is 1. The molecule has 29 heavy (non-hydrogen) atoms. The molecule has 7 nitrogen and oxygen atoms in total. The van der Waals surface area contributed by atoms with Crippen LogP contribution in [0, 0.1) is 11.3 Å². The molecule has 1 saturated heterocycles. The zero-order chi connectivity index (χ0) is 21.0. The molecule has 2 aromatic carbocycles. The third kappa shape index (κ3) is 4.42. The highest BCUT2D eigenvalue weighted by Crippen LogP contribution is 2.29. The van der Waals surface area contributed by atoms with Crippen molar-refractivity contribution in [2.75, 3.05) is 32.1 Å². The first kappa shape index (κ1) is 20.8. The van der Waals surface area contributed by atoms with Gasteiger partial charge in [-0.25, -0.2) is 17.5 Å². The van der Waals surface area contributed by atoms with Gasteiger partial charge >= 0.3 is 5.97 Å². The molecule has 0 aromatic heterocycles. The van der Waals surface area contributed by atoms with E-state index in [4.69, 9.17) is 4.74 Å². The van der Waals surface area contributed by atoms with Gasteiger partial charge in [0, 0.05) is 32.7 Å². The van der Waals surface area contributed by atoms with Gasteiger partial charge in [-0.3, -0.25) is 0 Å². The molecule has 1 heterocycles. The summed E-state index contributed by atoms with van der Waals surface area (Å²) >= 11 is 0. The summed E-state index contributed by atoms with van der Waals surface area (Å²) in [5, 5.41) is 9.20. The number of hydrogen-bond acceptors (Lipinski definition) is 6. The van der Waals surface area contributed by atoms with Crippen LogP contribution < -0.4 is 4.90 Å². The fourth-order valence-electron chi connectivity index (χ4n) is 3.26. The molecule has 1 aliphatic rings. The second kappa shape index (κ2) is 8.64. The number of rotatable bonds is 6. The third-order valence-electron chi connectivity index (χ3n) is 4.91. The second-order valence-corrected chi connectivity index (χ2v) is 9.16. The largest absolute Gasteiger partial charge is 0.457 e. The molecule has 1 aliphatic heterocycles. The Morgan fingerprint density at radius 1 is 1.17 bits per heavy atom. The number of ether oxygens (including phenoxy) is 1. The van der Waals surface area contributed by atoms with E-state index in [0.29, 0.717) is 16.8 Å². The summed E-state index contributed by atoms with van der Waals surface area (Å²) in [6.45, 7) is 1.54. The SMILES string of the molecule is CN(C)S(=O)(=O)c1ccc(N2CCCC2)c(C(=O)OCc2ccccc2C#N)c1. The molecule has 0 unspecified atom stereocenters. The molecule has 2 aromatic rings. The van der Waals surface area contributed by atoms with Crippen molar-refractivity contribution < 1.29 is 17.9 Å². The second-order valence-electron chi connectivity index (χ2n) is 7.01. The van der Waals surface area contributed by atoms with Gasteiger partial charge in [-0.15, -0.1) is 0 Å². The monoisotopic (exact) mass is 413 g/mol. The van der Waals surface area contributed by atoms with Gasteiger partial charge in [-0.1, -0.05) is 18.2 Å². The van der Waals surface area contributed by atoms with E-state index in [-0.39, 0.29) is 17.1 Å². The molecule has 8 heteroatoms. The normalized spacial score (nSPS) is 14.1. The standard InChI is InChI=1S/C21H23N3O4S/c1-23(2)29(26,27)18-9-10-20(24-11-5-6-12-24)19(13-18)21(25)28-15-17-8-4-3-7-16(17)14-22/h3-4,7-10,13H,5-6,11-12,15H2,1-2H3. The van der Waals surface area contributed by atoms with Crippen LogP contribution in [0.5, 0.6) is 0 Å². The molecule has 0 saturated carbocycles. The van der Waals surface area contributed by atoms with Crippen LogP contribution in [-0.2, 0) is 21.4 Å². The van der Waals surface area contributed by atoms with E-state index in [1.165, 1.54) is 26.2 Å². The summed E-state index contributed by atoms with van der Waals surface area (Å²) in [5.41, 5.74) is 1.91. The topological polar surface area (TPSA) is 90.7 Å². The molecule has 0 N–H and O–H groups in total. The van der Waals surface area contributed by atoms with E-state index in [2.05, 4.69) is 11.0 Å². The summed E-state index contributed by atoms with van der Waals surface area (Å²) in [6.07, 6.45) is 2.03. The van der Waals surface area contributed by atoms with Crippen LogP contribution in [0.4, 0.5) is 5.69 Å². The van der Waals surface area contributed by atoms with Crippen molar-refractivity contribution in [3.05, 3.63) is 59.2 Å². The molecular formula is C21H23N3O4S. The van der Waals surface area contributed by atoms with E-state index >= 15 is 0 Å². The fraction of sp³-hybridized carbons (Fsp3) is 0.333. The lowest BCUT2D eigenvalue weighted by Crippen LogP contribution is -2.24. The average molecular weight is 413 g/mol. The number of carbonyl (C=O) groups excluding carboxylic acids is 1. The Morgan fingerprint density at radius 2 is 1.86 bits per heavy atom. The predicted octanol–water partition coefficient (Wildman–Crippen LogP) is 2.77. The maximum Gasteiger partial charge on any atom is 0.340 e. The first-order valence-corrected chi connectivity index (χ1v) is 10.8. The number of sulfonamides is 1. The minimum absolute atomic E-state index is 0.0369. The van der Waals surface area contributed by atoms with Crippen molar-refractivity contribution in [3.8, 4) is 6.07 Å². The van der Waals surface area contributed by atoms with Gasteiger partial charge < -0.3 is 9.64 Å². The highest BCUT2D eigenvalue weighted by molar-refractivity contribution is 7.89. The quantitative estimate of drug-likeness (QED) is 0.677. The maximum atomic E-state index is 12.9. The third-order valence-corrected chi connectivity index (χ3v) is 6.72.